The largest absolute Gasteiger partial charge is 0.491 e. The SMILES string of the molecule is CC(C)Oc1ccc(NCC(=O)NCc2ccncc2)cc1. The van der Waals surface area contributed by atoms with Gasteiger partial charge < -0.3 is 15.4 Å². The lowest BCUT2D eigenvalue weighted by Gasteiger charge is -2.11. The van der Waals surface area contributed by atoms with Crippen LogP contribution in [0.3, 0.4) is 0 Å². The molecule has 0 aliphatic carbocycles. The summed E-state index contributed by atoms with van der Waals surface area (Å²) in [6.07, 6.45) is 3.57. The summed E-state index contributed by atoms with van der Waals surface area (Å²) in [7, 11) is 0. The minimum atomic E-state index is -0.0562. The zero-order chi connectivity index (χ0) is 15.8. The van der Waals surface area contributed by atoms with E-state index in [0.29, 0.717) is 6.54 Å². The van der Waals surface area contributed by atoms with Crippen LogP contribution in [0.15, 0.2) is 48.8 Å². The standard InChI is InChI=1S/C17H21N3O2/c1-13(2)22-16-5-3-15(4-6-16)19-12-17(21)20-11-14-7-9-18-10-8-14/h3-10,13,19H,11-12H2,1-2H3,(H,20,21). The van der Waals surface area contributed by atoms with Gasteiger partial charge in [-0.3, -0.25) is 9.78 Å². The molecule has 2 aromatic rings. The fourth-order valence-corrected chi connectivity index (χ4v) is 1.87. The van der Waals surface area contributed by atoms with Crippen LogP contribution in [0.1, 0.15) is 19.4 Å². The Morgan fingerprint density at radius 2 is 1.82 bits per heavy atom. The van der Waals surface area contributed by atoms with Gasteiger partial charge in [0.25, 0.3) is 0 Å². The molecule has 116 valence electrons. The number of hydrogen-bond acceptors (Lipinski definition) is 4. The first-order chi connectivity index (χ1) is 10.6. The van der Waals surface area contributed by atoms with E-state index in [1.54, 1.807) is 12.4 Å². The highest BCUT2D eigenvalue weighted by atomic mass is 16.5. The molecule has 0 bridgehead atoms. The Morgan fingerprint density at radius 1 is 1.14 bits per heavy atom. The molecule has 0 saturated heterocycles. The normalized spacial score (nSPS) is 10.3. The minimum absolute atomic E-state index is 0.0562. The molecule has 2 N–H and O–H groups in total. The molecular formula is C17H21N3O2. The second-order valence-corrected chi connectivity index (χ2v) is 5.18. The molecule has 1 heterocycles. The third kappa shape index (κ3) is 5.44. The van der Waals surface area contributed by atoms with Crippen molar-refractivity contribution in [2.45, 2.75) is 26.5 Å². The maximum atomic E-state index is 11.8. The Bertz CT molecular complexity index is 583. The number of ether oxygens (including phenoxy) is 1. The van der Waals surface area contributed by atoms with Crippen LogP contribution in [0, 0.1) is 0 Å². The van der Waals surface area contributed by atoms with E-state index < -0.39 is 0 Å². The second kappa shape index (κ2) is 8.02. The summed E-state index contributed by atoms with van der Waals surface area (Å²) in [6.45, 7) is 4.71. The fraction of sp³-hybridized carbons (Fsp3) is 0.294. The molecule has 1 aromatic heterocycles. The monoisotopic (exact) mass is 299 g/mol. The number of carbonyl (C=O) groups is 1. The number of rotatable bonds is 7. The Balaban J connectivity index is 1.74. The number of anilines is 1. The number of aromatic nitrogens is 1. The van der Waals surface area contributed by atoms with E-state index in [1.807, 2.05) is 50.2 Å². The van der Waals surface area contributed by atoms with Gasteiger partial charge in [-0.05, 0) is 55.8 Å². The van der Waals surface area contributed by atoms with Crippen LogP contribution in [0.2, 0.25) is 0 Å². The van der Waals surface area contributed by atoms with E-state index in [9.17, 15) is 4.79 Å². The van der Waals surface area contributed by atoms with E-state index in [1.165, 1.54) is 0 Å². The first-order valence-corrected chi connectivity index (χ1v) is 7.29. The third-order valence-corrected chi connectivity index (χ3v) is 2.92. The molecule has 1 amide bonds. The molecular weight excluding hydrogens is 278 g/mol. The van der Waals surface area contributed by atoms with Crippen molar-refractivity contribution in [2.24, 2.45) is 0 Å². The summed E-state index contributed by atoms with van der Waals surface area (Å²) in [5.41, 5.74) is 1.91. The lowest BCUT2D eigenvalue weighted by molar-refractivity contribution is -0.119. The van der Waals surface area contributed by atoms with Crippen LogP contribution in [0.25, 0.3) is 0 Å². The molecule has 0 spiro atoms. The van der Waals surface area contributed by atoms with Crippen LogP contribution in [0.5, 0.6) is 5.75 Å². The molecule has 5 nitrogen and oxygen atoms in total. The van der Waals surface area contributed by atoms with Gasteiger partial charge in [0.15, 0.2) is 0 Å². The molecule has 0 radical (unpaired) electrons. The zero-order valence-corrected chi connectivity index (χ0v) is 12.9. The van der Waals surface area contributed by atoms with Crippen molar-refractivity contribution >= 4 is 11.6 Å². The second-order valence-electron chi connectivity index (χ2n) is 5.18. The predicted molar refractivity (Wildman–Crippen MR) is 86.8 cm³/mol. The molecule has 0 aliphatic heterocycles. The number of hydrogen-bond donors (Lipinski definition) is 2. The van der Waals surface area contributed by atoms with Crippen LogP contribution >= 0.6 is 0 Å². The van der Waals surface area contributed by atoms with Gasteiger partial charge in [-0.2, -0.15) is 0 Å². The Kier molecular flexibility index (Phi) is 5.77. The van der Waals surface area contributed by atoms with Gasteiger partial charge in [0, 0.05) is 24.6 Å². The van der Waals surface area contributed by atoms with Crippen molar-refractivity contribution < 1.29 is 9.53 Å². The lowest BCUT2D eigenvalue weighted by Crippen LogP contribution is -2.29. The Morgan fingerprint density at radius 3 is 2.45 bits per heavy atom. The number of amides is 1. The fourth-order valence-electron chi connectivity index (χ4n) is 1.87. The molecule has 2 rings (SSSR count). The van der Waals surface area contributed by atoms with Crippen LogP contribution in [0.4, 0.5) is 5.69 Å². The summed E-state index contributed by atoms with van der Waals surface area (Å²) in [4.78, 5) is 15.7. The minimum Gasteiger partial charge on any atom is -0.491 e. The summed E-state index contributed by atoms with van der Waals surface area (Å²) < 4.78 is 5.57. The molecule has 22 heavy (non-hydrogen) atoms. The third-order valence-electron chi connectivity index (χ3n) is 2.92. The van der Waals surface area contributed by atoms with Crippen LogP contribution in [-0.2, 0) is 11.3 Å². The highest BCUT2D eigenvalue weighted by Gasteiger charge is 2.02. The Labute approximate surface area is 130 Å². The van der Waals surface area contributed by atoms with Crippen molar-refractivity contribution in [1.82, 2.24) is 10.3 Å². The van der Waals surface area contributed by atoms with Crippen LogP contribution in [-0.4, -0.2) is 23.5 Å². The van der Waals surface area contributed by atoms with E-state index in [4.69, 9.17) is 4.74 Å². The average Bonchev–Trinajstić information content (AvgIpc) is 2.53. The van der Waals surface area contributed by atoms with Gasteiger partial charge >= 0.3 is 0 Å². The number of benzene rings is 1. The molecule has 5 heteroatoms. The molecule has 0 atom stereocenters. The van der Waals surface area contributed by atoms with Gasteiger partial charge in [-0.1, -0.05) is 0 Å². The summed E-state index contributed by atoms with van der Waals surface area (Å²) in [5.74, 6) is 0.766. The molecule has 0 unspecified atom stereocenters. The maximum Gasteiger partial charge on any atom is 0.239 e. The summed E-state index contributed by atoms with van der Waals surface area (Å²) in [5, 5.41) is 5.93. The predicted octanol–water partition coefficient (Wildman–Crippen LogP) is 2.60. The highest BCUT2D eigenvalue weighted by Crippen LogP contribution is 2.16. The average molecular weight is 299 g/mol. The summed E-state index contributed by atoms with van der Waals surface area (Å²) >= 11 is 0. The summed E-state index contributed by atoms with van der Waals surface area (Å²) in [6, 6.07) is 11.3. The van der Waals surface area contributed by atoms with Gasteiger partial charge in [-0.15, -0.1) is 0 Å². The molecule has 0 fully saturated rings. The van der Waals surface area contributed by atoms with E-state index in [-0.39, 0.29) is 18.6 Å². The molecule has 0 saturated carbocycles. The van der Waals surface area contributed by atoms with Gasteiger partial charge in [-0.25, -0.2) is 0 Å². The number of pyridine rings is 1. The van der Waals surface area contributed by atoms with Crippen molar-refractivity contribution in [3.05, 3.63) is 54.4 Å². The van der Waals surface area contributed by atoms with Gasteiger partial charge in [0.1, 0.15) is 5.75 Å². The molecule has 1 aromatic carbocycles. The first-order valence-electron chi connectivity index (χ1n) is 7.29. The van der Waals surface area contributed by atoms with Crippen molar-refractivity contribution in [1.29, 1.82) is 0 Å². The number of nitrogens with one attached hydrogen (secondary N) is 2. The van der Waals surface area contributed by atoms with Crippen molar-refractivity contribution in [2.75, 3.05) is 11.9 Å². The van der Waals surface area contributed by atoms with Gasteiger partial charge in [0.2, 0.25) is 5.91 Å². The first kappa shape index (κ1) is 15.8. The van der Waals surface area contributed by atoms with Crippen LogP contribution < -0.4 is 15.4 Å². The number of nitrogens with zero attached hydrogens (tertiary/aromatic N) is 1. The quantitative estimate of drug-likeness (QED) is 0.825. The van der Waals surface area contributed by atoms with E-state index in [0.717, 1.165) is 17.0 Å². The van der Waals surface area contributed by atoms with Gasteiger partial charge in [0.05, 0.1) is 12.6 Å². The zero-order valence-electron chi connectivity index (χ0n) is 12.9. The Hall–Kier alpha value is -2.56. The molecule has 0 aliphatic rings. The van der Waals surface area contributed by atoms with E-state index >= 15 is 0 Å². The smallest absolute Gasteiger partial charge is 0.239 e. The van der Waals surface area contributed by atoms with E-state index in [2.05, 4.69) is 15.6 Å². The van der Waals surface area contributed by atoms with Crippen molar-refractivity contribution in [3.8, 4) is 5.75 Å². The topological polar surface area (TPSA) is 63.2 Å². The highest BCUT2D eigenvalue weighted by molar-refractivity contribution is 5.80. The van der Waals surface area contributed by atoms with Crippen molar-refractivity contribution in [3.63, 3.8) is 0 Å². The maximum absolute atomic E-state index is 11.8. The number of carbonyl (C=O) groups excluding carboxylic acids is 1. The lowest BCUT2D eigenvalue weighted by atomic mass is 10.2.